The number of hydrogen-bond acceptors (Lipinski definition) is 8. The molecule has 280 valence electrons. The second kappa shape index (κ2) is 18.4. The molecule has 3 aliphatic rings. The quantitative estimate of drug-likeness (QED) is 0.0856. The highest BCUT2D eigenvalue weighted by Gasteiger charge is 2.44. The number of amides is 3. The summed E-state index contributed by atoms with van der Waals surface area (Å²) in [5.41, 5.74) is 4.62. The van der Waals surface area contributed by atoms with Crippen LogP contribution in [0.3, 0.4) is 0 Å². The first-order chi connectivity index (χ1) is 24.5. The zero-order valence-corrected chi connectivity index (χ0v) is 30.6. The van der Waals surface area contributed by atoms with Crippen LogP contribution in [0.2, 0.25) is 0 Å². The van der Waals surface area contributed by atoms with E-state index in [0.29, 0.717) is 49.9 Å². The minimum atomic E-state index is -0.687. The van der Waals surface area contributed by atoms with Crippen LogP contribution in [0.1, 0.15) is 133 Å². The predicted octanol–water partition coefficient (Wildman–Crippen LogP) is 6.45. The molecule has 0 unspecified atom stereocenters. The molecule has 0 radical (unpaired) electrons. The molecular weight excluding hydrogens is 648 g/mol. The van der Waals surface area contributed by atoms with Crippen LogP contribution in [-0.4, -0.2) is 63.2 Å². The fourth-order valence-corrected chi connectivity index (χ4v) is 7.96. The number of hydrogen-bond donors (Lipinski definition) is 5. The number of fused-ring (bicyclic) bond motifs is 1. The second-order valence-corrected chi connectivity index (χ2v) is 15.6. The number of rotatable bonds is 14. The van der Waals surface area contributed by atoms with E-state index in [1.807, 2.05) is 69.3 Å². The Bertz CT molecular complexity index is 1450. The van der Waals surface area contributed by atoms with Crippen LogP contribution >= 0.6 is 0 Å². The summed E-state index contributed by atoms with van der Waals surface area (Å²) >= 11 is 0. The van der Waals surface area contributed by atoms with Crippen LogP contribution in [0.15, 0.2) is 48.5 Å². The lowest BCUT2D eigenvalue weighted by atomic mass is 9.75. The van der Waals surface area contributed by atoms with Gasteiger partial charge in [0, 0.05) is 48.6 Å². The Morgan fingerprint density at radius 3 is 2.29 bits per heavy atom. The van der Waals surface area contributed by atoms with Crippen LogP contribution in [-0.2, 0) is 30.5 Å². The molecule has 2 aliphatic heterocycles. The Balaban J connectivity index is 1.31. The Kier molecular flexibility index (Phi) is 14.0. The van der Waals surface area contributed by atoms with Gasteiger partial charge in [0.1, 0.15) is 0 Å². The van der Waals surface area contributed by atoms with Crippen molar-refractivity contribution in [3.63, 3.8) is 0 Å². The van der Waals surface area contributed by atoms with Crippen molar-refractivity contribution in [3.8, 4) is 0 Å². The van der Waals surface area contributed by atoms with E-state index >= 15 is 0 Å². The van der Waals surface area contributed by atoms with Gasteiger partial charge in [0.25, 0.3) is 0 Å². The van der Waals surface area contributed by atoms with Crippen molar-refractivity contribution in [3.05, 3.63) is 65.2 Å². The molecule has 11 nitrogen and oxygen atoms in total. The number of aliphatic hydroxyl groups is 1. The number of carbonyl (C=O) groups is 3. The lowest BCUT2D eigenvalue weighted by molar-refractivity contribution is -0.255. The minimum Gasteiger partial charge on any atom is -0.392 e. The van der Waals surface area contributed by atoms with Gasteiger partial charge < -0.3 is 25.2 Å². The number of unbranched alkanes of at least 4 members (excludes halogenated alkanes) is 3. The maximum atomic E-state index is 13.8. The van der Waals surface area contributed by atoms with Gasteiger partial charge in [-0.25, -0.2) is 5.48 Å². The molecule has 0 aromatic heterocycles. The monoisotopic (exact) mass is 706 g/mol. The average molecular weight is 707 g/mol. The number of carbonyl (C=O) groups excluding carboxylic acids is 3. The van der Waals surface area contributed by atoms with Crippen molar-refractivity contribution >= 4 is 23.4 Å². The van der Waals surface area contributed by atoms with E-state index < -0.39 is 12.2 Å². The molecule has 0 bridgehead atoms. The molecule has 5 rings (SSSR count). The summed E-state index contributed by atoms with van der Waals surface area (Å²) in [6.07, 6.45) is 9.69. The van der Waals surface area contributed by atoms with E-state index in [0.717, 1.165) is 48.8 Å². The number of piperidine rings is 1. The SMILES string of the molecule is CC(C)(C)NC(=O)[C@H]1CC[C@H]2CCCC[C@H]2N1C[C@H]1C[C@@H](c2ccc(CO)cc2)O[C@@H](c2cccc(NC(=O)CCCCCCC(=O)NO)c2)O1. The van der Waals surface area contributed by atoms with Crippen LogP contribution in [0.4, 0.5) is 5.69 Å². The van der Waals surface area contributed by atoms with Gasteiger partial charge in [-0.05, 0) is 88.5 Å². The summed E-state index contributed by atoms with van der Waals surface area (Å²) in [7, 11) is 0. The highest BCUT2D eigenvalue weighted by Crippen LogP contribution is 2.42. The number of nitrogens with zero attached hydrogens (tertiary/aromatic N) is 1. The van der Waals surface area contributed by atoms with Crippen molar-refractivity contribution < 1.29 is 34.2 Å². The van der Waals surface area contributed by atoms with Crippen molar-refractivity contribution in [2.24, 2.45) is 5.92 Å². The van der Waals surface area contributed by atoms with Gasteiger partial charge in [0.15, 0.2) is 6.29 Å². The summed E-state index contributed by atoms with van der Waals surface area (Å²) in [6, 6.07) is 15.6. The van der Waals surface area contributed by atoms with Crippen molar-refractivity contribution in [1.82, 2.24) is 15.7 Å². The smallest absolute Gasteiger partial charge is 0.243 e. The lowest BCUT2D eigenvalue weighted by Gasteiger charge is -2.50. The highest BCUT2D eigenvalue weighted by molar-refractivity contribution is 5.90. The van der Waals surface area contributed by atoms with E-state index in [-0.39, 0.29) is 48.6 Å². The van der Waals surface area contributed by atoms with Crippen molar-refractivity contribution in [2.75, 3.05) is 11.9 Å². The largest absolute Gasteiger partial charge is 0.392 e. The Morgan fingerprint density at radius 2 is 1.59 bits per heavy atom. The standard InChI is InChI=1S/C40H58N4O7/c1-40(2,3)42-38(48)34-22-21-28-11-8-9-14-33(28)44(34)25-32-24-35(29-19-17-27(26-45)18-20-29)51-39(50-32)30-12-10-13-31(23-30)41-36(46)15-6-4-5-7-16-37(47)43-49/h10,12-13,17-20,23,28,32-35,39,45,49H,4-9,11,14-16,21-22,24-26H2,1-3H3,(H,41,46)(H,42,48)(H,43,47)/t28-,32-,33-,34-,35+,39+/m1/s1. The third-order valence-electron chi connectivity index (χ3n) is 10.5. The number of hydroxylamine groups is 1. The summed E-state index contributed by atoms with van der Waals surface area (Å²) in [5, 5.41) is 24.5. The molecule has 2 saturated heterocycles. The Labute approximate surface area is 302 Å². The van der Waals surface area contributed by atoms with E-state index in [9.17, 15) is 19.5 Å². The molecule has 6 atom stereocenters. The molecule has 2 heterocycles. The molecule has 2 aromatic rings. The summed E-state index contributed by atoms with van der Waals surface area (Å²) in [5.74, 6) is 0.191. The number of anilines is 1. The van der Waals surface area contributed by atoms with Crippen molar-refractivity contribution in [1.29, 1.82) is 0 Å². The molecule has 1 saturated carbocycles. The molecule has 11 heteroatoms. The third kappa shape index (κ3) is 11.3. The zero-order chi connectivity index (χ0) is 36.4. The predicted molar refractivity (Wildman–Crippen MR) is 194 cm³/mol. The fraction of sp³-hybridized carbons (Fsp3) is 0.625. The number of aliphatic hydroxyl groups excluding tert-OH is 1. The summed E-state index contributed by atoms with van der Waals surface area (Å²) in [6.45, 7) is 6.68. The maximum Gasteiger partial charge on any atom is 0.243 e. The van der Waals surface area contributed by atoms with Gasteiger partial charge in [-0.3, -0.25) is 24.5 Å². The number of benzene rings is 2. The molecule has 51 heavy (non-hydrogen) atoms. The summed E-state index contributed by atoms with van der Waals surface area (Å²) < 4.78 is 13.4. The van der Waals surface area contributed by atoms with Gasteiger partial charge in [-0.15, -0.1) is 0 Å². The Morgan fingerprint density at radius 1 is 0.863 bits per heavy atom. The first-order valence-corrected chi connectivity index (χ1v) is 18.9. The van der Waals surface area contributed by atoms with Gasteiger partial charge in [-0.1, -0.05) is 62.1 Å². The topological polar surface area (TPSA) is 149 Å². The van der Waals surface area contributed by atoms with E-state index in [1.54, 1.807) is 5.48 Å². The van der Waals surface area contributed by atoms with Crippen LogP contribution in [0.25, 0.3) is 0 Å². The van der Waals surface area contributed by atoms with E-state index in [2.05, 4.69) is 15.5 Å². The molecule has 0 spiro atoms. The van der Waals surface area contributed by atoms with E-state index in [1.165, 1.54) is 19.3 Å². The third-order valence-corrected chi connectivity index (χ3v) is 10.5. The van der Waals surface area contributed by atoms with Crippen LogP contribution in [0, 0.1) is 5.92 Å². The van der Waals surface area contributed by atoms with Gasteiger partial charge >= 0.3 is 0 Å². The van der Waals surface area contributed by atoms with Crippen LogP contribution in [0.5, 0.6) is 0 Å². The molecule has 2 aromatic carbocycles. The van der Waals surface area contributed by atoms with Gasteiger partial charge in [-0.2, -0.15) is 0 Å². The first-order valence-electron chi connectivity index (χ1n) is 18.9. The van der Waals surface area contributed by atoms with Gasteiger partial charge in [0.2, 0.25) is 17.7 Å². The second-order valence-electron chi connectivity index (χ2n) is 15.6. The summed E-state index contributed by atoms with van der Waals surface area (Å²) in [4.78, 5) is 40.2. The molecule has 3 fully saturated rings. The number of nitrogens with one attached hydrogen (secondary N) is 3. The van der Waals surface area contributed by atoms with Crippen LogP contribution < -0.4 is 16.1 Å². The zero-order valence-electron chi connectivity index (χ0n) is 30.6. The van der Waals surface area contributed by atoms with Crippen molar-refractivity contribution in [2.45, 2.75) is 147 Å². The van der Waals surface area contributed by atoms with Gasteiger partial charge in [0.05, 0.1) is 24.9 Å². The average Bonchev–Trinajstić information content (AvgIpc) is 3.12. The van der Waals surface area contributed by atoms with E-state index in [4.69, 9.17) is 14.7 Å². The first kappa shape index (κ1) is 38.9. The fourth-order valence-electron chi connectivity index (χ4n) is 7.96. The highest BCUT2D eigenvalue weighted by atomic mass is 16.7. The minimum absolute atomic E-state index is 0.0302. The number of ether oxygens (including phenoxy) is 2. The molecule has 1 aliphatic carbocycles. The molecule has 5 N–H and O–H groups in total. The number of likely N-dealkylation sites (tertiary alicyclic amines) is 1. The lowest BCUT2D eigenvalue weighted by Crippen LogP contribution is -2.61. The molecule has 3 amide bonds. The normalized spacial score (nSPS) is 25.4. The Hall–Kier alpha value is -3.35. The molecular formula is C40H58N4O7. The maximum absolute atomic E-state index is 13.8.